The van der Waals surface area contributed by atoms with E-state index in [-0.39, 0.29) is 6.42 Å². The number of hydrogen-bond acceptors (Lipinski definition) is 2. The highest BCUT2D eigenvalue weighted by atomic mass is 35.5. The molecule has 2 N–H and O–H groups in total. The molecule has 0 radical (unpaired) electrons. The first kappa shape index (κ1) is 10.4. The molecule has 0 bridgehead atoms. The van der Waals surface area contributed by atoms with Crippen molar-refractivity contribution in [3.05, 3.63) is 0 Å². The van der Waals surface area contributed by atoms with Crippen molar-refractivity contribution in [1.29, 1.82) is 0 Å². The molecule has 0 aromatic heterocycles. The minimum atomic E-state index is -2.77. The van der Waals surface area contributed by atoms with Crippen LogP contribution in [-0.4, -0.2) is 18.0 Å². The minimum Gasteiger partial charge on any atom is -0.229 e. The molecule has 1 aliphatic carbocycles. The monoisotopic (exact) mass is 218 g/mol. The van der Waals surface area contributed by atoms with Crippen LogP contribution in [0.1, 0.15) is 19.3 Å². The Morgan fingerprint density at radius 2 is 1.92 bits per heavy atom. The summed E-state index contributed by atoms with van der Waals surface area (Å²) in [5.41, 5.74) is 0. The average Bonchev–Trinajstić information content (AvgIpc) is 2.02. The second-order valence-electron chi connectivity index (χ2n) is 2.96. The molecule has 0 heterocycles. The van der Waals surface area contributed by atoms with Gasteiger partial charge in [-0.2, -0.15) is 0 Å². The van der Waals surface area contributed by atoms with Gasteiger partial charge in [0.05, 0.1) is 0 Å². The molecule has 6 heteroatoms. The van der Waals surface area contributed by atoms with E-state index in [2.05, 4.69) is 9.67 Å². The summed E-state index contributed by atoms with van der Waals surface area (Å²) in [6.07, 6.45) is 0.947. The van der Waals surface area contributed by atoms with Gasteiger partial charge in [-0.15, -0.1) is 0 Å². The Morgan fingerprint density at radius 3 is 2.33 bits per heavy atom. The van der Waals surface area contributed by atoms with E-state index < -0.39 is 18.0 Å². The smallest absolute Gasteiger partial charge is 0.229 e. The molecule has 0 unspecified atom stereocenters. The maximum Gasteiger partial charge on any atom is 0.265 e. The molecule has 0 amide bonds. The molecule has 2 nitrogen and oxygen atoms in total. The van der Waals surface area contributed by atoms with Crippen molar-refractivity contribution in [2.24, 2.45) is 0 Å². The highest BCUT2D eigenvalue weighted by Gasteiger charge is 2.46. The summed E-state index contributed by atoms with van der Waals surface area (Å²) in [4.78, 5) is 4.38. The predicted molar refractivity (Wildman–Crippen MR) is 44.4 cm³/mol. The molecule has 1 fully saturated rings. The van der Waals surface area contributed by atoms with Crippen LogP contribution in [0.5, 0.6) is 0 Å². The third-order valence-corrected chi connectivity index (χ3v) is 2.66. The highest BCUT2D eigenvalue weighted by Crippen LogP contribution is 2.34. The fourth-order valence-corrected chi connectivity index (χ4v) is 1.99. The molecule has 0 aromatic rings. The van der Waals surface area contributed by atoms with Gasteiger partial charge < -0.3 is 0 Å². The molecule has 1 saturated carbocycles. The van der Waals surface area contributed by atoms with Crippen LogP contribution >= 0.6 is 23.6 Å². The Balaban J connectivity index is 2.66. The summed E-state index contributed by atoms with van der Waals surface area (Å²) in [6, 6.07) is -1.54. The SMILES string of the molecule is FC1(F)CCC[C@H](NCl)[C@H]1NCl. The summed E-state index contributed by atoms with van der Waals surface area (Å²) in [6.45, 7) is 0. The fraction of sp³-hybridized carbons (Fsp3) is 1.00. The zero-order valence-corrected chi connectivity index (χ0v) is 7.80. The van der Waals surface area contributed by atoms with E-state index in [9.17, 15) is 8.78 Å². The molecule has 12 heavy (non-hydrogen) atoms. The van der Waals surface area contributed by atoms with Crippen LogP contribution < -0.4 is 9.67 Å². The van der Waals surface area contributed by atoms with Crippen molar-refractivity contribution in [2.75, 3.05) is 0 Å². The van der Waals surface area contributed by atoms with Gasteiger partial charge in [-0.3, -0.25) is 0 Å². The molecule has 1 rings (SSSR count). The second-order valence-corrected chi connectivity index (χ2v) is 3.39. The summed E-state index contributed by atoms with van der Waals surface area (Å²) < 4.78 is 26.1. The summed E-state index contributed by atoms with van der Waals surface area (Å²) in [5, 5.41) is 0. The number of hydrogen-bond donors (Lipinski definition) is 2. The first-order chi connectivity index (χ1) is 5.61. The third-order valence-electron chi connectivity index (χ3n) is 2.14. The van der Waals surface area contributed by atoms with Crippen LogP contribution in [0.25, 0.3) is 0 Å². The van der Waals surface area contributed by atoms with Crippen LogP contribution in [0.4, 0.5) is 8.78 Å². The number of rotatable bonds is 2. The lowest BCUT2D eigenvalue weighted by atomic mass is 9.88. The predicted octanol–water partition coefficient (Wildman–Crippen LogP) is 2.03. The minimum absolute atomic E-state index is 0.132. The maximum atomic E-state index is 13.1. The first-order valence-electron chi connectivity index (χ1n) is 3.72. The Labute approximate surface area is 79.8 Å². The summed E-state index contributed by atoms with van der Waals surface area (Å²) >= 11 is 10.5. The lowest BCUT2D eigenvalue weighted by molar-refractivity contribution is -0.0651. The number of nitrogens with one attached hydrogen (secondary N) is 2. The topological polar surface area (TPSA) is 24.1 Å². The van der Waals surface area contributed by atoms with Crippen LogP contribution in [0.3, 0.4) is 0 Å². The lowest BCUT2D eigenvalue weighted by Crippen LogP contribution is -2.55. The molecule has 1 aliphatic rings. The van der Waals surface area contributed by atoms with Crippen LogP contribution in [0, 0.1) is 0 Å². The molecule has 0 aliphatic heterocycles. The number of alkyl halides is 2. The molecular formula is C6H10Cl2F2N2. The fourth-order valence-electron chi connectivity index (χ4n) is 1.45. The standard InChI is InChI=1S/C6H10Cl2F2N2/c7-11-4-2-1-3-6(9,10)5(4)12-8/h4-5,11-12H,1-3H2/t4-,5+/m0/s1. The summed E-state index contributed by atoms with van der Waals surface area (Å²) in [5.74, 6) is -2.77. The van der Waals surface area contributed by atoms with Crippen molar-refractivity contribution < 1.29 is 8.78 Å². The first-order valence-corrected chi connectivity index (χ1v) is 4.47. The van der Waals surface area contributed by atoms with Gasteiger partial charge in [0.2, 0.25) is 0 Å². The quantitative estimate of drug-likeness (QED) is 0.694. The molecule has 72 valence electrons. The van der Waals surface area contributed by atoms with Crippen LogP contribution in [0.15, 0.2) is 0 Å². The Hall–Kier alpha value is 0.360. The van der Waals surface area contributed by atoms with Crippen molar-refractivity contribution >= 4 is 23.6 Å². The second kappa shape index (κ2) is 4.05. The normalized spacial score (nSPS) is 35.0. The van der Waals surface area contributed by atoms with Gasteiger partial charge in [-0.25, -0.2) is 18.5 Å². The Morgan fingerprint density at radius 1 is 1.25 bits per heavy atom. The zero-order valence-electron chi connectivity index (χ0n) is 6.29. The van der Waals surface area contributed by atoms with E-state index in [1.165, 1.54) is 0 Å². The molecular weight excluding hydrogens is 209 g/mol. The third kappa shape index (κ3) is 1.99. The van der Waals surface area contributed by atoms with Gasteiger partial charge in [0, 0.05) is 12.5 Å². The van der Waals surface area contributed by atoms with Gasteiger partial charge in [-0.1, -0.05) is 0 Å². The highest BCUT2D eigenvalue weighted by molar-refractivity contribution is 6.14. The molecule has 0 spiro atoms. The largest absolute Gasteiger partial charge is 0.265 e. The average molecular weight is 219 g/mol. The van der Waals surface area contributed by atoms with Gasteiger partial charge in [-0.05, 0) is 36.4 Å². The van der Waals surface area contributed by atoms with Gasteiger partial charge in [0.1, 0.15) is 6.04 Å². The molecule has 0 aromatic carbocycles. The van der Waals surface area contributed by atoms with Crippen molar-refractivity contribution in [3.8, 4) is 0 Å². The van der Waals surface area contributed by atoms with E-state index in [0.717, 1.165) is 0 Å². The maximum absolute atomic E-state index is 13.1. The van der Waals surface area contributed by atoms with E-state index in [1.807, 2.05) is 0 Å². The Bertz CT molecular complexity index is 156. The van der Waals surface area contributed by atoms with Crippen LogP contribution in [-0.2, 0) is 0 Å². The Kier molecular flexibility index (Phi) is 3.52. The van der Waals surface area contributed by atoms with E-state index in [1.54, 1.807) is 0 Å². The lowest BCUT2D eigenvalue weighted by Gasteiger charge is -2.35. The van der Waals surface area contributed by atoms with E-state index >= 15 is 0 Å². The van der Waals surface area contributed by atoms with Gasteiger partial charge >= 0.3 is 0 Å². The van der Waals surface area contributed by atoms with Gasteiger partial charge in [0.15, 0.2) is 0 Å². The van der Waals surface area contributed by atoms with E-state index in [4.69, 9.17) is 23.6 Å². The van der Waals surface area contributed by atoms with Crippen molar-refractivity contribution in [2.45, 2.75) is 37.3 Å². The molecule has 0 saturated heterocycles. The van der Waals surface area contributed by atoms with E-state index in [0.29, 0.717) is 12.8 Å². The number of halogens is 4. The summed E-state index contributed by atoms with van der Waals surface area (Å²) in [7, 11) is 0. The molecule has 2 atom stereocenters. The zero-order chi connectivity index (χ0) is 9.19. The van der Waals surface area contributed by atoms with Gasteiger partial charge in [0.25, 0.3) is 5.92 Å². The van der Waals surface area contributed by atoms with Crippen molar-refractivity contribution in [1.82, 2.24) is 9.67 Å². The van der Waals surface area contributed by atoms with Crippen LogP contribution in [0.2, 0.25) is 0 Å². The van der Waals surface area contributed by atoms with Crippen molar-refractivity contribution in [3.63, 3.8) is 0 Å².